The monoisotopic (exact) mass is 246 g/mol. The number of aromatic amines is 1. The van der Waals surface area contributed by atoms with Gasteiger partial charge in [0.2, 0.25) is 0 Å². The molecule has 0 saturated carbocycles. The van der Waals surface area contributed by atoms with Crippen LogP contribution in [0.5, 0.6) is 0 Å². The molecule has 3 heterocycles. The molecule has 1 N–H and O–H groups in total. The highest BCUT2D eigenvalue weighted by Crippen LogP contribution is 2.17. The van der Waals surface area contributed by atoms with Gasteiger partial charge in [-0.25, -0.2) is 9.97 Å². The van der Waals surface area contributed by atoms with E-state index in [2.05, 4.69) is 15.0 Å². The molecule has 0 amide bonds. The lowest BCUT2D eigenvalue weighted by molar-refractivity contribution is 0.108. The Hall–Kier alpha value is -1.95. The zero-order valence-corrected chi connectivity index (χ0v) is 10.1. The van der Waals surface area contributed by atoms with Crippen LogP contribution >= 0.6 is 0 Å². The van der Waals surface area contributed by atoms with Crippen molar-refractivity contribution in [2.45, 2.75) is 26.5 Å². The molecule has 0 aromatic carbocycles. The van der Waals surface area contributed by atoms with E-state index in [9.17, 15) is 4.79 Å². The molecule has 2 aromatic heterocycles. The van der Waals surface area contributed by atoms with Crippen molar-refractivity contribution >= 4 is 0 Å². The summed E-state index contributed by atoms with van der Waals surface area (Å²) in [5.74, 6) is 0.583. The summed E-state index contributed by atoms with van der Waals surface area (Å²) in [6, 6.07) is 0. The molecular formula is C12H14N4O2. The number of imidazole rings is 1. The molecule has 0 spiro atoms. The smallest absolute Gasteiger partial charge is 0.256 e. The molecule has 1 aliphatic rings. The topological polar surface area (TPSA) is 72.8 Å². The molecule has 0 fully saturated rings. The summed E-state index contributed by atoms with van der Waals surface area (Å²) >= 11 is 0. The molecule has 6 heteroatoms. The van der Waals surface area contributed by atoms with Crippen LogP contribution in [0.1, 0.15) is 18.2 Å². The highest BCUT2D eigenvalue weighted by Gasteiger charge is 2.17. The number of fused-ring (bicyclic) bond motifs is 1. The van der Waals surface area contributed by atoms with Gasteiger partial charge in [-0.3, -0.25) is 4.79 Å². The van der Waals surface area contributed by atoms with Crippen LogP contribution in [0.15, 0.2) is 17.3 Å². The molecule has 0 bridgehead atoms. The van der Waals surface area contributed by atoms with E-state index in [0.29, 0.717) is 31.0 Å². The Balaban J connectivity index is 2.14. The highest BCUT2D eigenvalue weighted by molar-refractivity contribution is 5.49. The standard InChI is InChI=1S/C12H14N4O2/c1-2-16-7-13-5-10(16)11-14-9-3-4-18-6-8(9)12(17)15-11/h5,7H,2-4,6H2,1H3,(H,14,15,17). The summed E-state index contributed by atoms with van der Waals surface area (Å²) in [5, 5.41) is 0. The van der Waals surface area contributed by atoms with E-state index < -0.39 is 0 Å². The van der Waals surface area contributed by atoms with Gasteiger partial charge in [0, 0.05) is 13.0 Å². The predicted molar refractivity (Wildman–Crippen MR) is 65.1 cm³/mol. The Morgan fingerprint density at radius 2 is 2.44 bits per heavy atom. The molecule has 0 unspecified atom stereocenters. The summed E-state index contributed by atoms with van der Waals surface area (Å²) < 4.78 is 7.22. The van der Waals surface area contributed by atoms with Crippen LogP contribution in [0.25, 0.3) is 11.5 Å². The van der Waals surface area contributed by atoms with E-state index in [-0.39, 0.29) is 5.56 Å². The van der Waals surface area contributed by atoms with Crippen LogP contribution < -0.4 is 5.56 Å². The van der Waals surface area contributed by atoms with Crippen molar-refractivity contribution in [3.8, 4) is 11.5 Å². The molecule has 3 rings (SSSR count). The number of H-pyrrole nitrogens is 1. The second-order valence-corrected chi connectivity index (χ2v) is 4.21. The lowest BCUT2D eigenvalue weighted by Crippen LogP contribution is -2.24. The third-order valence-electron chi connectivity index (χ3n) is 3.13. The van der Waals surface area contributed by atoms with Gasteiger partial charge in [-0.2, -0.15) is 0 Å². The highest BCUT2D eigenvalue weighted by atomic mass is 16.5. The number of aryl methyl sites for hydroxylation is 1. The Labute approximate surface area is 104 Å². The van der Waals surface area contributed by atoms with Gasteiger partial charge in [-0.1, -0.05) is 0 Å². The predicted octanol–water partition coefficient (Wildman–Crippen LogP) is 0.726. The molecular weight excluding hydrogens is 232 g/mol. The second kappa shape index (κ2) is 4.38. The minimum Gasteiger partial charge on any atom is -0.376 e. The summed E-state index contributed by atoms with van der Waals surface area (Å²) in [6.45, 7) is 3.79. The van der Waals surface area contributed by atoms with Crippen molar-refractivity contribution < 1.29 is 4.74 Å². The van der Waals surface area contributed by atoms with Crippen molar-refractivity contribution in [1.82, 2.24) is 19.5 Å². The summed E-state index contributed by atoms with van der Waals surface area (Å²) in [4.78, 5) is 23.4. The van der Waals surface area contributed by atoms with Gasteiger partial charge in [-0.15, -0.1) is 0 Å². The van der Waals surface area contributed by atoms with E-state index in [0.717, 1.165) is 17.9 Å². The van der Waals surface area contributed by atoms with Crippen molar-refractivity contribution in [3.63, 3.8) is 0 Å². The van der Waals surface area contributed by atoms with Gasteiger partial charge < -0.3 is 14.3 Å². The van der Waals surface area contributed by atoms with Gasteiger partial charge in [0.25, 0.3) is 5.56 Å². The Bertz CT molecular complexity index is 629. The van der Waals surface area contributed by atoms with E-state index in [1.165, 1.54) is 0 Å². The molecule has 18 heavy (non-hydrogen) atoms. The van der Waals surface area contributed by atoms with E-state index in [1.807, 2.05) is 11.5 Å². The zero-order chi connectivity index (χ0) is 12.5. The SMILES string of the molecule is CCn1cncc1-c1nc2c(c(=O)[nH]1)COCC2. The summed E-state index contributed by atoms with van der Waals surface area (Å²) in [7, 11) is 0. The van der Waals surface area contributed by atoms with E-state index >= 15 is 0 Å². The Kier molecular flexibility index (Phi) is 2.71. The first-order valence-corrected chi connectivity index (χ1v) is 6.00. The maximum absolute atomic E-state index is 12.0. The number of ether oxygens (including phenoxy) is 1. The average Bonchev–Trinajstić information content (AvgIpc) is 2.87. The lowest BCUT2D eigenvalue weighted by Gasteiger charge is -2.15. The first-order chi connectivity index (χ1) is 8.79. The lowest BCUT2D eigenvalue weighted by atomic mass is 10.1. The first-order valence-electron chi connectivity index (χ1n) is 6.00. The van der Waals surface area contributed by atoms with Gasteiger partial charge >= 0.3 is 0 Å². The summed E-state index contributed by atoms with van der Waals surface area (Å²) in [6.07, 6.45) is 4.14. The Morgan fingerprint density at radius 1 is 1.56 bits per heavy atom. The van der Waals surface area contributed by atoms with E-state index in [1.54, 1.807) is 12.5 Å². The number of rotatable bonds is 2. The minimum atomic E-state index is -0.112. The molecule has 94 valence electrons. The second-order valence-electron chi connectivity index (χ2n) is 4.21. The van der Waals surface area contributed by atoms with Crippen LogP contribution in [-0.4, -0.2) is 26.1 Å². The fourth-order valence-corrected chi connectivity index (χ4v) is 2.13. The van der Waals surface area contributed by atoms with Crippen LogP contribution in [0.2, 0.25) is 0 Å². The number of hydrogen-bond donors (Lipinski definition) is 1. The van der Waals surface area contributed by atoms with E-state index in [4.69, 9.17) is 4.74 Å². The zero-order valence-electron chi connectivity index (χ0n) is 10.1. The third kappa shape index (κ3) is 1.74. The van der Waals surface area contributed by atoms with Gasteiger partial charge in [0.15, 0.2) is 5.82 Å². The number of nitrogens with zero attached hydrogens (tertiary/aromatic N) is 3. The molecule has 1 aliphatic heterocycles. The molecule has 0 aliphatic carbocycles. The van der Waals surface area contributed by atoms with Crippen LogP contribution in [0, 0.1) is 0 Å². The molecule has 0 radical (unpaired) electrons. The van der Waals surface area contributed by atoms with Crippen molar-refractivity contribution in [2.75, 3.05) is 6.61 Å². The molecule has 2 aromatic rings. The fourth-order valence-electron chi connectivity index (χ4n) is 2.13. The Morgan fingerprint density at radius 3 is 3.28 bits per heavy atom. The van der Waals surface area contributed by atoms with Gasteiger partial charge in [0.1, 0.15) is 5.69 Å². The maximum Gasteiger partial charge on any atom is 0.256 e. The van der Waals surface area contributed by atoms with Gasteiger partial charge in [-0.05, 0) is 6.92 Å². The van der Waals surface area contributed by atoms with Crippen molar-refractivity contribution in [3.05, 3.63) is 34.1 Å². The largest absolute Gasteiger partial charge is 0.376 e. The van der Waals surface area contributed by atoms with Crippen molar-refractivity contribution in [1.29, 1.82) is 0 Å². The number of nitrogens with one attached hydrogen (secondary N) is 1. The first kappa shape index (κ1) is 11.2. The third-order valence-corrected chi connectivity index (χ3v) is 3.13. The van der Waals surface area contributed by atoms with Gasteiger partial charge in [0.05, 0.1) is 37.0 Å². The molecule has 0 saturated heterocycles. The average molecular weight is 246 g/mol. The summed E-state index contributed by atoms with van der Waals surface area (Å²) in [5.41, 5.74) is 2.21. The normalized spacial score (nSPS) is 14.5. The van der Waals surface area contributed by atoms with Crippen LogP contribution in [-0.2, 0) is 24.3 Å². The minimum absolute atomic E-state index is 0.112. The molecule has 6 nitrogen and oxygen atoms in total. The van der Waals surface area contributed by atoms with Crippen LogP contribution in [0.3, 0.4) is 0 Å². The maximum atomic E-state index is 12.0. The fraction of sp³-hybridized carbons (Fsp3) is 0.417. The quantitative estimate of drug-likeness (QED) is 0.847. The van der Waals surface area contributed by atoms with Crippen molar-refractivity contribution in [2.24, 2.45) is 0 Å². The molecule has 0 atom stereocenters. The van der Waals surface area contributed by atoms with Crippen LogP contribution in [0.4, 0.5) is 0 Å². The number of hydrogen-bond acceptors (Lipinski definition) is 4. The number of aromatic nitrogens is 4.